The summed E-state index contributed by atoms with van der Waals surface area (Å²) in [7, 11) is -0.882. The van der Waals surface area contributed by atoms with E-state index in [0.717, 1.165) is 29.5 Å². The summed E-state index contributed by atoms with van der Waals surface area (Å²) < 4.78 is 12.5. The zero-order valence-corrected chi connectivity index (χ0v) is 13.7. The van der Waals surface area contributed by atoms with E-state index in [1.54, 1.807) is 0 Å². The third-order valence-corrected chi connectivity index (χ3v) is 5.45. The third kappa shape index (κ3) is 4.42. The minimum atomic E-state index is -0.882. The van der Waals surface area contributed by atoms with Crippen LogP contribution in [0.2, 0.25) is 0 Å². The predicted octanol–water partition coefficient (Wildman–Crippen LogP) is 3.70. The molecule has 0 aliphatic heterocycles. The van der Waals surface area contributed by atoms with Crippen LogP contribution in [0.1, 0.15) is 51.5 Å². The Morgan fingerprint density at radius 1 is 1.25 bits per heavy atom. The normalized spacial score (nSPS) is 18.2. The molecule has 2 atom stereocenters. The standard InChI is InChI=1S/C17H27NOS/c1-4-11-18-17(15-5-6-15)12-20(19)16-9-7-14(8-10-16)13(2)3/h7-10,13,15,17-18H,4-6,11-12H2,1-3H3. The van der Waals surface area contributed by atoms with Crippen LogP contribution in [0.4, 0.5) is 0 Å². The van der Waals surface area contributed by atoms with Gasteiger partial charge in [-0.1, -0.05) is 32.9 Å². The highest BCUT2D eigenvalue weighted by Gasteiger charge is 2.31. The van der Waals surface area contributed by atoms with Crippen molar-refractivity contribution in [3.05, 3.63) is 29.8 Å². The molecule has 0 amide bonds. The van der Waals surface area contributed by atoms with Gasteiger partial charge in [0.05, 0.1) is 10.8 Å². The van der Waals surface area contributed by atoms with Gasteiger partial charge in [0.15, 0.2) is 0 Å². The SMILES string of the molecule is CCCNC(CS(=O)c1ccc(C(C)C)cc1)C1CC1. The quantitative estimate of drug-likeness (QED) is 0.792. The average Bonchev–Trinajstić information content (AvgIpc) is 3.27. The van der Waals surface area contributed by atoms with Crippen LogP contribution >= 0.6 is 0 Å². The highest BCUT2D eigenvalue weighted by Crippen LogP contribution is 2.33. The molecular weight excluding hydrogens is 266 g/mol. The van der Waals surface area contributed by atoms with Crippen LogP contribution in [0, 0.1) is 5.92 Å². The van der Waals surface area contributed by atoms with Gasteiger partial charge in [-0.3, -0.25) is 4.21 Å². The molecule has 1 saturated carbocycles. The first-order valence-electron chi connectivity index (χ1n) is 7.83. The Balaban J connectivity index is 1.95. The highest BCUT2D eigenvalue weighted by atomic mass is 32.2. The molecule has 0 spiro atoms. The van der Waals surface area contributed by atoms with Crippen LogP contribution in [0.3, 0.4) is 0 Å². The summed E-state index contributed by atoms with van der Waals surface area (Å²) >= 11 is 0. The molecule has 2 rings (SSSR count). The van der Waals surface area contributed by atoms with Gasteiger partial charge >= 0.3 is 0 Å². The molecule has 1 aromatic carbocycles. The lowest BCUT2D eigenvalue weighted by Crippen LogP contribution is -2.36. The molecule has 0 radical (unpaired) electrons. The molecule has 1 aliphatic carbocycles. The second kappa shape index (κ2) is 7.37. The summed E-state index contributed by atoms with van der Waals surface area (Å²) in [5.74, 6) is 2.04. The molecule has 0 heterocycles. The van der Waals surface area contributed by atoms with Gasteiger partial charge in [-0.25, -0.2) is 0 Å². The van der Waals surface area contributed by atoms with Crippen LogP contribution in [0.5, 0.6) is 0 Å². The smallest absolute Gasteiger partial charge is 0.0545 e. The predicted molar refractivity (Wildman–Crippen MR) is 86.6 cm³/mol. The molecule has 1 aliphatic rings. The van der Waals surface area contributed by atoms with E-state index in [2.05, 4.69) is 38.2 Å². The summed E-state index contributed by atoms with van der Waals surface area (Å²) in [5, 5.41) is 3.57. The van der Waals surface area contributed by atoms with Gasteiger partial charge in [-0.15, -0.1) is 0 Å². The number of hydrogen-bond donors (Lipinski definition) is 1. The van der Waals surface area contributed by atoms with E-state index in [1.807, 2.05) is 12.1 Å². The van der Waals surface area contributed by atoms with Crippen molar-refractivity contribution in [2.24, 2.45) is 5.92 Å². The average molecular weight is 293 g/mol. The summed E-state index contributed by atoms with van der Waals surface area (Å²) in [6, 6.07) is 8.73. The lowest BCUT2D eigenvalue weighted by atomic mass is 10.0. The molecule has 1 fully saturated rings. The van der Waals surface area contributed by atoms with Crippen LogP contribution in [0.25, 0.3) is 0 Å². The van der Waals surface area contributed by atoms with Crippen molar-refractivity contribution >= 4 is 10.8 Å². The van der Waals surface area contributed by atoms with Crippen molar-refractivity contribution in [2.45, 2.75) is 56.9 Å². The summed E-state index contributed by atoms with van der Waals surface area (Å²) in [6.45, 7) is 7.58. The summed E-state index contributed by atoms with van der Waals surface area (Å²) in [4.78, 5) is 0.971. The van der Waals surface area contributed by atoms with E-state index in [-0.39, 0.29) is 0 Å². The van der Waals surface area contributed by atoms with Crippen molar-refractivity contribution in [2.75, 3.05) is 12.3 Å². The number of nitrogens with one attached hydrogen (secondary N) is 1. The Hall–Kier alpha value is -0.670. The first-order chi connectivity index (χ1) is 9.61. The molecule has 112 valence electrons. The minimum Gasteiger partial charge on any atom is -0.313 e. The first-order valence-corrected chi connectivity index (χ1v) is 9.15. The molecule has 3 heteroatoms. The number of rotatable bonds is 8. The highest BCUT2D eigenvalue weighted by molar-refractivity contribution is 7.85. The zero-order chi connectivity index (χ0) is 14.5. The fraction of sp³-hybridized carbons (Fsp3) is 0.647. The Kier molecular flexibility index (Phi) is 5.79. The van der Waals surface area contributed by atoms with E-state index in [0.29, 0.717) is 12.0 Å². The van der Waals surface area contributed by atoms with E-state index in [4.69, 9.17) is 0 Å². The molecule has 0 saturated heterocycles. The second-order valence-corrected chi connectivity index (χ2v) is 7.63. The maximum Gasteiger partial charge on any atom is 0.0545 e. The second-order valence-electron chi connectivity index (χ2n) is 6.13. The third-order valence-electron chi connectivity index (χ3n) is 3.99. The molecule has 0 aromatic heterocycles. The van der Waals surface area contributed by atoms with Crippen molar-refractivity contribution in [1.82, 2.24) is 5.32 Å². The van der Waals surface area contributed by atoms with E-state index in [1.165, 1.54) is 18.4 Å². The van der Waals surface area contributed by atoms with Crippen molar-refractivity contribution in [1.29, 1.82) is 0 Å². The summed E-state index contributed by atoms with van der Waals surface area (Å²) in [6.07, 6.45) is 3.73. The van der Waals surface area contributed by atoms with E-state index in [9.17, 15) is 4.21 Å². The fourth-order valence-corrected chi connectivity index (χ4v) is 3.80. The Labute approximate surface area is 125 Å². The van der Waals surface area contributed by atoms with Crippen LogP contribution in [-0.4, -0.2) is 22.5 Å². The molecular formula is C17H27NOS. The topological polar surface area (TPSA) is 29.1 Å². The maximum absolute atomic E-state index is 12.5. The van der Waals surface area contributed by atoms with Gasteiger partial charge in [0.2, 0.25) is 0 Å². The van der Waals surface area contributed by atoms with E-state index < -0.39 is 10.8 Å². The molecule has 2 nitrogen and oxygen atoms in total. The zero-order valence-electron chi connectivity index (χ0n) is 12.9. The Morgan fingerprint density at radius 2 is 1.90 bits per heavy atom. The minimum absolute atomic E-state index is 0.431. The summed E-state index contributed by atoms with van der Waals surface area (Å²) in [5.41, 5.74) is 1.31. The van der Waals surface area contributed by atoms with Gasteiger partial charge in [0.1, 0.15) is 0 Å². The van der Waals surface area contributed by atoms with Gasteiger partial charge in [0, 0.05) is 16.7 Å². The Bertz CT molecular complexity index is 437. The van der Waals surface area contributed by atoms with Crippen molar-refractivity contribution in [3.8, 4) is 0 Å². The van der Waals surface area contributed by atoms with Gasteiger partial charge < -0.3 is 5.32 Å². The van der Waals surface area contributed by atoms with Gasteiger partial charge in [-0.2, -0.15) is 0 Å². The van der Waals surface area contributed by atoms with Crippen molar-refractivity contribution in [3.63, 3.8) is 0 Å². The van der Waals surface area contributed by atoms with Crippen LogP contribution in [0.15, 0.2) is 29.2 Å². The van der Waals surface area contributed by atoms with Gasteiger partial charge in [0.25, 0.3) is 0 Å². The molecule has 2 unspecified atom stereocenters. The molecule has 0 bridgehead atoms. The van der Waals surface area contributed by atoms with Crippen LogP contribution in [-0.2, 0) is 10.8 Å². The molecule has 1 N–H and O–H groups in total. The number of benzene rings is 1. The first kappa shape index (κ1) is 15.7. The largest absolute Gasteiger partial charge is 0.313 e. The fourth-order valence-electron chi connectivity index (χ4n) is 2.45. The lowest BCUT2D eigenvalue weighted by molar-refractivity contribution is 0.498. The van der Waals surface area contributed by atoms with Crippen molar-refractivity contribution < 1.29 is 4.21 Å². The maximum atomic E-state index is 12.5. The molecule has 20 heavy (non-hydrogen) atoms. The monoisotopic (exact) mass is 293 g/mol. The number of hydrogen-bond acceptors (Lipinski definition) is 2. The Morgan fingerprint density at radius 3 is 2.40 bits per heavy atom. The lowest BCUT2D eigenvalue weighted by Gasteiger charge is -2.17. The van der Waals surface area contributed by atoms with E-state index >= 15 is 0 Å². The van der Waals surface area contributed by atoms with Gasteiger partial charge in [-0.05, 0) is 55.3 Å². The van der Waals surface area contributed by atoms with Crippen LogP contribution < -0.4 is 5.32 Å². The molecule has 1 aromatic rings.